The number of rotatable bonds is 5. The largest absolute Gasteiger partial charge is 0.410 e. The highest BCUT2D eigenvalue weighted by molar-refractivity contribution is 7.98. The van der Waals surface area contributed by atoms with Crippen LogP contribution in [0.3, 0.4) is 0 Å². The fourth-order valence-electron chi connectivity index (χ4n) is 1.90. The Balaban J connectivity index is 1.43. The summed E-state index contributed by atoms with van der Waals surface area (Å²) in [4.78, 5) is 5.39. The van der Waals surface area contributed by atoms with Crippen LogP contribution >= 0.6 is 23.1 Å². The van der Waals surface area contributed by atoms with E-state index in [9.17, 15) is 0 Å². The topological polar surface area (TPSA) is 77.8 Å². The van der Waals surface area contributed by atoms with Crippen LogP contribution in [0.1, 0.15) is 36.0 Å². The number of thioether (sulfide) groups is 1. The summed E-state index contributed by atoms with van der Waals surface area (Å²) in [6.45, 7) is 2.03. The van der Waals surface area contributed by atoms with Gasteiger partial charge in [-0.3, -0.25) is 0 Å². The van der Waals surface area contributed by atoms with Crippen molar-refractivity contribution in [3.63, 3.8) is 0 Å². The van der Waals surface area contributed by atoms with Gasteiger partial charge in [0, 0.05) is 5.92 Å². The minimum atomic E-state index is 0.480. The molecule has 3 aromatic heterocycles. The standard InChI is InChI=1S/C13H12N4O2S2/c1-7-4-5-20-10(7)12-15-16-13(18-12)21-6-9-14-11(19-17-9)8-2-3-8/h4-5,8H,2-3,6H2,1H3. The Kier molecular flexibility index (Phi) is 3.27. The average molecular weight is 320 g/mol. The minimum Gasteiger partial charge on any atom is -0.410 e. The minimum absolute atomic E-state index is 0.480. The molecular formula is C13H12N4O2S2. The predicted octanol–water partition coefficient (Wildman–Crippen LogP) is 3.66. The molecule has 0 atom stereocenters. The lowest BCUT2D eigenvalue weighted by molar-refractivity contribution is 0.375. The first-order valence-electron chi connectivity index (χ1n) is 6.63. The van der Waals surface area contributed by atoms with E-state index in [0.29, 0.717) is 28.6 Å². The maximum absolute atomic E-state index is 5.66. The van der Waals surface area contributed by atoms with E-state index in [1.807, 2.05) is 18.4 Å². The van der Waals surface area contributed by atoms with Crippen LogP contribution in [0.15, 0.2) is 25.6 Å². The van der Waals surface area contributed by atoms with Crippen molar-refractivity contribution in [1.29, 1.82) is 0 Å². The Bertz CT molecular complexity index is 760. The second-order valence-electron chi connectivity index (χ2n) is 4.92. The van der Waals surface area contributed by atoms with Gasteiger partial charge in [0.1, 0.15) is 0 Å². The molecule has 1 aliphatic carbocycles. The van der Waals surface area contributed by atoms with Gasteiger partial charge in [0.25, 0.3) is 11.1 Å². The molecule has 0 spiro atoms. The lowest BCUT2D eigenvalue weighted by atomic mass is 10.3. The summed E-state index contributed by atoms with van der Waals surface area (Å²) < 4.78 is 10.9. The molecule has 108 valence electrons. The molecule has 3 aromatic rings. The average Bonchev–Trinajstić information content (AvgIpc) is 2.91. The molecule has 0 aliphatic heterocycles. The highest BCUT2D eigenvalue weighted by Gasteiger charge is 2.29. The van der Waals surface area contributed by atoms with Crippen molar-refractivity contribution >= 4 is 23.1 Å². The molecule has 1 aliphatic rings. The summed E-state index contributed by atoms with van der Waals surface area (Å²) >= 11 is 3.02. The highest BCUT2D eigenvalue weighted by atomic mass is 32.2. The van der Waals surface area contributed by atoms with Gasteiger partial charge < -0.3 is 8.94 Å². The fourth-order valence-corrected chi connectivity index (χ4v) is 3.35. The van der Waals surface area contributed by atoms with E-state index in [0.717, 1.165) is 29.2 Å². The highest BCUT2D eigenvalue weighted by Crippen LogP contribution is 2.39. The van der Waals surface area contributed by atoms with Gasteiger partial charge in [-0.2, -0.15) is 4.98 Å². The molecule has 4 rings (SSSR count). The maximum Gasteiger partial charge on any atom is 0.277 e. The Morgan fingerprint density at radius 3 is 3.05 bits per heavy atom. The molecule has 0 bridgehead atoms. The zero-order chi connectivity index (χ0) is 14.2. The molecule has 0 N–H and O–H groups in total. The Morgan fingerprint density at radius 2 is 2.29 bits per heavy atom. The Hall–Kier alpha value is -1.67. The van der Waals surface area contributed by atoms with E-state index in [2.05, 4.69) is 20.3 Å². The summed E-state index contributed by atoms with van der Waals surface area (Å²) in [6, 6.07) is 2.04. The van der Waals surface area contributed by atoms with E-state index in [1.54, 1.807) is 11.3 Å². The van der Waals surface area contributed by atoms with Crippen molar-refractivity contribution in [1.82, 2.24) is 20.3 Å². The predicted molar refractivity (Wildman–Crippen MR) is 78.2 cm³/mol. The van der Waals surface area contributed by atoms with Crippen molar-refractivity contribution < 1.29 is 8.94 Å². The molecule has 0 saturated heterocycles. The second kappa shape index (κ2) is 5.27. The zero-order valence-electron chi connectivity index (χ0n) is 11.3. The molecule has 8 heteroatoms. The van der Waals surface area contributed by atoms with Gasteiger partial charge in [0.05, 0.1) is 10.6 Å². The van der Waals surface area contributed by atoms with Crippen LogP contribution in [0.2, 0.25) is 0 Å². The number of hydrogen-bond acceptors (Lipinski definition) is 8. The van der Waals surface area contributed by atoms with Crippen LogP contribution in [0, 0.1) is 6.92 Å². The molecule has 21 heavy (non-hydrogen) atoms. The summed E-state index contributed by atoms with van der Waals surface area (Å²) in [5.41, 5.74) is 1.15. The van der Waals surface area contributed by atoms with Crippen molar-refractivity contribution in [2.75, 3.05) is 0 Å². The molecule has 1 saturated carbocycles. The van der Waals surface area contributed by atoms with Crippen LogP contribution < -0.4 is 0 Å². The number of aryl methyl sites for hydroxylation is 1. The number of nitrogens with zero attached hydrogens (tertiary/aromatic N) is 4. The zero-order valence-corrected chi connectivity index (χ0v) is 12.9. The molecule has 0 unspecified atom stereocenters. The summed E-state index contributed by atoms with van der Waals surface area (Å²) in [7, 11) is 0. The molecule has 0 aromatic carbocycles. The fraction of sp³-hybridized carbons (Fsp3) is 0.385. The van der Waals surface area contributed by atoms with Gasteiger partial charge in [0.15, 0.2) is 5.82 Å². The van der Waals surface area contributed by atoms with Gasteiger partial charge in [0.2, 0.25) is 5.89 Å². The van der Waals surface area contributed by atoms with Gasteiger partial charge in [-0.1, -0.05) is 16.9 Å². The van der Waals surface area contributed by atoms with E-state index in [-0.39, 0.29) is 0 Å². The molecular weight excluding hydrogens is 308 g/mol. The number of aromatic nitrogens is 4. The van der Waals surface area contributed by atoms with Gasteiger partial charge in [-0.15, -0.1) is 21.5 Å². The van der Waals surface area contributed by atoms with Crippen LogP contribution in [0.25, 0.3) is 10.8 Å². The van der Waals surface area contributed by atoms with Gasteiger partial charge in [-0.25, -0.2) is 0 Å². The van der Waals surface area contributed by atoms with E-state index >= 15 is 0 Å². The molecule has 3 heterocycles. The normalized spacial score (nSPS) is 14.7. The van der Waals surface area contributed by atoms with Crippen LogP contribution in [0.5, 0.6) is 0 Å². The second-order valence-corrected chi connectivity index (χ2v) is 6.76. The summed E-state index contributed by atoms with van der Waals surface area (Å²) in [6.07, 6.45) is 2.31. The Morgan fingerprint density at radius 1 is 1.38 bits per heavy atom. The van der Waals surface area contributed by atoms with Gasteiger partial charge in [-0.05, 0) is 36.8 Å². The first-order chi connectivity index (χ1) is 10.3. The lowest BCUT2D eigenvalue weighted by Gasteiger charge is -1.91. The number of hydrogen-bond donors (Lipinski definition) is 0. The third-order valence-electron chi connectivity index (χ3n) is 3.20. The van der Waals surface area contributed by atoms with E-state index in [4.69, 9.17) is 8.94 Å². The van der Waals surface area contributed by atoms with Crippen molar-refractivity contribution in [2.24, 2.45) is 0 Å². The summed E-state index contributed by atoms with van der Waals surface area (Å²) in [5, 5.41) is 14.6. The van der Waals surface area contributed by atoms with Crippen molar-refractivity contribution in [3.05, 3.63) is 28.7 Å². The van der Waals surface area contributed by atoms with Crippen LogP contribution in [0.4, 0.5) is 0 Å². The molecule has 0 radical (unpaired) electrons. The lowest BCUT2D eigenvalue weighted by Crippen LogP contribution is -1.85. The Labute approximate surface area is 129 Å². The monoisotopic (exact) mass is 320 g/mol. The number of thiophene rings is 1. The molecule has 6 nitrogen and oxygen atoms in total. The molecule has 0 amide bonds. The smallest absolute Gasteiger partial charge is 0.277 e. The quantitative estimate of drug-likeness (QED) is 0.664. The maximum atomic E-state index is 5.66. The molecule has 1 fully saturated rings. The first-order valence-corrected chi connectivity index (χ1v) is 8.49. The van der Waals surface area contributed by atoms with Crippen molar-refractivity contribution in [3.8, 4) is 10.8 Å². The van der Waals surface area contributed by atoms with Crippen molar-refractivity contribution in [2.45, 2.75) is 36.7 Å². The third kappa shape index (κ3) is 2.73. The third-order valence-corrected chi connectivity index (χ3v) is 5.02. The SMILES string of the molecule is Cc1ccsc1-c1nnc(SCc2noc(C3CC3)n2)o1. The first kappa shape index (κ1) is 13.0. The summed E-state index contributed by atoms with van der Waals surface area (Å²) in [5.74, 6) is 3.05. The van der Waals surface area contributed by atoms with E-state index < -0.39 is 0 Å². The van der Waals surface area contributed by atoms with Crippen LogP contribution in [-0.4, -0.2) is 20.3 Å². The van der Waals surface area contributed by atoms with Crippen LogP contribution in [-0.2, 0) is 5.75 Å². The van der Waals surface area contributed by atoms with Gasteiger partial charge >= 0.3 is 0 Å². The van der Waals surface area contributed by atoms with E-state index in [1.165, 1.54) is 11.8 Å².